The van der Waals surface area contributed by atoms with E-state index in [0.29, 0.717) is 29.1 Å². The van der Waals surface area contributed by atoms with Gasteiger partial charge in [-0.3, -0.25) is 9.20 Å². The molecule has 4 N–H and O–H groups in total. The highest BCUT2D eigenvalue weighted by Crippen LogP contribution is 2.57. The summed E-state index contributed by atoms with van der Waals surface area (Å²) in [6.45, 7) is 1.60. The van der Waals surface area contributed by atoms with Crippen LogP contribution >= 0.6 is 0 Å². The lowest BCUT2D eigenvalue weighted by Gasteiger charge is -2.04. The van der Waals surface area contributed by atoms with Crippen molar-refractivity contribution in [3.8, 4) is 11.3 Å². The lowest BCUT2D eigenvalue weighted by atomic mass is 10.1. The van der Waals surface area contributed by atoms with E-state index >= 15 is 0 Å². The molecular formula is C18H17N5O2. The minimum absolute atomic E-state index is 0.404. The molecular weight excluding hydrogens is 318 g/mol. The summed E-state index contributed by atoms with van der Waals surface area (Å²) in [6, 6.07) is 7.09. The Morgan fingerprint density at radius 1 is 1.20 bits per heavy atom. The molecule has 3 atom stereocenters. The summed E-state index contributed by atoms with van der Waals surface area (Å²) in [5.74, 6) is 2.50. The van der Waals surface area contributed by atoms with Gasteiger partial charge in [-0.25, -0.2) is 9.97 Å². The molecule has 126 valence electrons. The van der Waals surface area contributed by atoms with Gasteiger partial charge in [0.05, 0.1) is 13.2 Å². The summed E-state index contributed by atoms with van der Waals surface area (Å²) in [7, 11) is 0. The molecule has 1 aliphatic heterocycles. The van der Waals surface area contributed by atoms with Crippen molar-refractivity contribution in [2.75, 3.05) is 18.9 Å². The molecule has 0 spiro atoms. The summed E-state index contributed by atoms with van der Waals surface area (Å²) >= 11 is 0. The van der Waals surface area contributed by atoms with Crippen molar-refractivity contribution in [2.24, 2.45) is 17.6 Å². The third kappa shape index (κ3) is 2.05. The number of benzene rings is 1. The van der Waals surface area contributed by atoms with Gasteiger partial charge in [-0.1, -0.05) is 12.1 Å². The Morgan fingerprint density at radius 3 is 2.60 bits per heavy atom. The standard InChI is InChI=1S/C18H17N5O2/c19-16-15-14(9-1-3-10(4-2-9)17(20)24)22-18(23(15)6-5-21-16)13-11-7-25-8-12(11)13/h1-6,11-13H,7-8H2,(H2,19,21)(H2,20,24)/t11-,12?,13?/m1/s1. The maximum absolute atomic E-state index is 11.3. The lowest BCUT2D eigenvalue weighted by Crippen LogP contribution is -2.10. The number of carbonyl (C=O) groups excluding carboxylic acids is 1. The summed E-state index contributed by atoms with van der Waals surface area (Å²) < 4.78 is 7.55. The van der Waals surface area contributed by atoms with E-state index in [-0.39, 0.29) is 0 Å². The first-order valence-electron chi connectivity index (χ1n) is 8.25. The Balaban J connectivity index is 1.66. The van der Waals surface area contributed by atoms with Gasteiger partial charge in [0.2, 0.25) is 5.91 Å². The van der Waals surface area contributed by atoms with Crippen LogP contribution in [-0.2, 0) is 4.74 Å². The quantitative estimate of drug-likeness (QED) is 0.753. The van der Waals surface area contributed by atoms with Crippen LogP contribution in [0.3, 0.4) is 0 Å². The van der Waals surface area contributed by atoms with Crippen molar-refractivity contribution in [2.45, 2.75) is 5.92 Å². The summed E-state index contributed by atoms with van der Waals surface area (Å²) in [4.78, 5) is 20.4. The van der Waals surface area contributed by atoms with Crippen LogP contribution in [-0.4, -0.2) is 33.5 Å². The van der Waals surface area contributed by atoms with Crippen molar-refractivity contribution >= 4 is 17.2 Å². The van der Waals surface area contributed by atoms with Gasteiger partial charge < -0.3 is 16.2 Å². The second-order valence-electron chi connectivity index (χ2n) is 6.68. The zero-order chi connectivity index (χ0) is 17.1. The first kappa shape index (κ1) is 14.4. The van der Waals surface area contributed by atoms with Gasteiger partial charge in [0, 0.05) is 29.4 Å². The van der Waals surface area contributed by atoms with E-state index in [9.17, 15) is 4.79 Å². The average molecular weight is 335 g/mol. The second kappa shape index (κ2) is 5.03. The Labute approximate surface area is 143 Å². The van der Waals surface area contributed by atoms with Gasteiger partial charge in [0.25, 0.3) is 0 Å². The zero-order valence-electron chi connectivity index (χ0n) is 13.4. The molecule has 5 rings (SSSR count). The highest BCUT2D eigenvalue weighted by atomic mass is 16.5. The van der Waals surface area contributed by atoms with Gasteiger partial charge in [0.15, 0.2) is 0 Å². The lowest BCUT2D eigenvalue weighted by molar-refractivity contribution is 0.100. The first-order valence-corrected chi connectivity index (χ1v) is 8.25. The van der Waals surface area contributed by atoms with E-state index in [0.717, 1.165) is 35.8 Å². The normalized spacial score (nSPS) is 24.4. The summed E-state index contributed by atoms with van der Waals surface area (Å²) in [5, 5.41) is 0. The number of nitrogen functional groups attached to an aromatic ring is 1. The van der Waals surface area contributed by atoms with E-state index in [1.54, 1.807) is 18.3 Å². The van der Waals surface area contributed by atoms with Crippen LogP contribution in [0.4, 0.5) is 5.82 Å². The van der Waals surface area contributed by atoms with Gasteiger partial charge in [-0.2, -0.15) is 0 Å². The minimum atomic E-state index is -0.450. The van der Waals surface area contributed by atoms with Crippen LogP contribution in [0.15, 0.2) is 36.7 Å². The smallest absolute Gasteiger partial charge is 0.248 e. The fourth-order valence-corrected chi connectivity index (χ4v) is 3.94. The largest absolute Gasteiger partial charge is 0.382 e. The molecule has 1 aliphatic carbocycles. The van der Waals surface area contributed by atoms with Crippen LogP contribution in [0.25, 0.3) is 16.8 Å². The number of primary amides is 1. The number of rotatable bonds is 3. The van der Waals surface area contributed by atoms with Crippen molar-refractivity contribution in [1.29, 1.82) is 0 Å². The predicted octanol–water partition coefficient (Wildman–Crippen LogP) is 1.44. The maximum atomic E-state index is 11.3. The maximum Gasteiger partial charge on any atom is 0.248 e. The molecule has 0 radical (unpaired) electrons. The van der Waals surface area contributed by atoms with Gasteiger partial charge >= 0.3 is 0 Å². The molecule has 1 aromatic carbocycles. The molecule has 1 saturated heterocycles. The number of amides is 1. The number of nitrogens with zero attached hydrogens (tertiary/aromatic N) is 3. The van der Waals surface area contributed by atoms with Crippen LogP contribution in [0.2, 0.25) is 0 Å². The molecule has 0 bridgehead atoms. The van der Waals surface area contributed by atoms with E-state index < -0.39 is 5.91 Å². The molecule has 3 heterocycles. The molecule has 2 fully saturated rings. The van der Waals surface area contributed by atoms with E-state index in [1.165, 1.54) is 0 Å². The first-order chi connectivity index (χ1) is 12.1. The topological polar surface area (TPSA) is 109 Å². The van der Waals surface area contributed by atoms with Crippen molar-refractivity contribution in [3.05, 3.63) is 48.0 Å². The molecule has 1 saturated carbocycles. The van der Waals surface area contributed by atoms with Gasteiger partial charge in [0.1, 0.15) is 22.9 Å². The molecule has 1 amide bonds. The summed E-state index contributed by atoms with van der Waals surface area (Å²) in [6.07, 6.45) is 3.60. The molecule has 25 heavy (non-hydrogen) atoms. The van der Waals surface area contributed by atoms with Crippen molar-refractivity contribution in [1.82, 2.24) is 14.4 Å². The zero-order valence-corrected chi connectivity index (χ0v) is 13.4. The van der Waals surface area contributed by atoms with Gasteiger partial charge in [-0.05, 0) is 24.0 Å². The predicted molar refractivity (Wildman–Crippen MR) is 91.9 cm³/mol. The highest BCUT2D eigenvalue weighted by molar-refractivity contribution is 5.94. The minimum Gasteiger partial charge on any atom is -0.382 e. The Morgan fingerprint density at radius 2 is 1.92 bits per heavy atom. The number of fused-ring (bicyclic) bond motifs is 2. The molecule has 3 aromatic rings. The number of nitrogens with two attached hydrogens (primary N) is 2. The van der Waals surface area contributed by atoms with Crippen molar-refractivity contribution < 1.29 is 9.53 Å². The fourth-order valence-electron chi connectivity index (χ4n) is 3.94. The molecule has 2 aliphatic rings. The van der Waals surface area contributed by atoms with Crippen LogP contribution in [0.5, 0.6) is 0 Å². The van der Waals surface area contributed by atoms with Crippen LogP contribution in [0, 0.1) is 11.8 Å². The SMILES string of the molecule is NC(=O)c1ccc(-c2nc(C3C4COC[C@H]43)n3ccnc(N)c23)cc1. The van der Waals surface area contributed by atoms with E-state index in [4.69, 9.17) is 21.2 Å². The third-order valence-corrected chi connectivity index (χ3v) is 5.30. The Bertz CT molecular complexity index is 985. The Hall–Kier alpha value is -2.93. The second-order valence-corrected chi connectivity index (χ2v) is 6.68. The number of imidazole rings is 1. The number of ether oxygens (including phenoxy) is 1. The number of carbonyl (C=O) groups is 1. The Kier molecular flexibility index (Phi) is 2.90. The molecule has 7 heteroatoms. The molecule has 7 nitrogen and oxygen atoms in total. The average Bonchev–Trinajstić information content (AvgIpc) is 2.99. The summed E-state index contributed by atoms with van der Waals surface area (Å²) in [5.41, 5.74) is 14.4. The number of anilines is 1. The third-order valence-electron chi connectivity index (χ3n) is 5.30. The van der Waals surface area contributed by atoms with Crippen LogP contribution < -0.4 is 11.5 Å². The monoisotopic (exact) mass is 335 g/mol. The fraction of sp³-hybridized carbons (Fsp3) is 0.278. The number of aromatic nitrogens is 3. The van der Waals surface area contributed by atoms with Crippen LogP contribution in [0.1, 0.15) is 22.1 Å². The molecule has 2 aromatic heterocycles. The number of hydrogen-bond donors (Lipinski definition) is 2. The van der Waals surface area contributed by atoms with Gasteiger partial charge in [-0.15, -0.1) is 0 Å². The highest BCUT2D eigenvalue weighted by Gasteiger charge is 2.56. The van der Waals surface area contributed by atoms with E-state index in [1.807, 2.05) is 22.7 Å². The number of hydrogen-bond acceptors (Lipinski definition) is 5. The van der Waals surface area contributed by atoms with E-state index in [2.05, 4.69) is 4.98 Å². The molecule has 2 unspecified atom stereocenters. The van der Waals surface area contributed by atoms with Crippen molar-refractivity contribution in [3.63, 3.8) is 0 Å².